The number of hydrogen-bond acceptors (Lipinski definition) is 3. The lowest BCUT2D eigenvalue weighted by molar-refractivity contribution is 0.608. The van der Waals surface area contributed by atoms with E-state index in [1.807, 2.05) is 27.7 Å². The molecule has 0 amide bonds. The van der Waals surface area contributed by atoms with E-state index in [0.29, 0.717) is 19.4 Å². The van der Waals surface area contributed by atoms with Gasteiger partial charge in [0.25, 0.3) is 5.56 Å². The minimum absolute atomic E-state index is 0.238. The third-order valence-corrected chi connectivity index (χ3v) is 4.29. The molecule has 0 atom stereocenters. The summed E-state index contributed by atoms with van der Waals surface area (Å²) in [5.41, 5.74) is 6.17. The quantitative estimate of drug-likeness (QED) is 0.871. The lowest BCUT2D eigenvalue weighted by atomic mass is 9.99. The highest BCUT2D eigenvalue weighted by atomic mass is 16.1. The fraction of sp³-hybridized carbons (Fsp3) is 0.421. The maximum Gasteiger partial charge on any atom is 0.285 e. The summed E-state index contributed by atoms with van der Waals surface area (Å²) in [6.45, 7) is 10.5. The standard InChI is InChI=1S/C19H23N3O/c1-6-15-16(10-20)19(23)22(21-18(15)7-2)11-17-13(4)8-12(3)9-14(17)5/h8-9H,6-7,11H2,1-5H3. The lowest BCUT2D eigenvalue weighted by Gasteiger charge is -2.15. The van der Waals surface area contributed by atoms with E-state index in [4.69, 9.17) is 0 Å². The van der Waals surface area contributed by atoms with Crippen molar-refractivity contribution >= 4 is 0 Å². The van der Waals surface area contributed by atoms with Crippen LogP contribution in [0.15, 0.2) is 16.9 Å². The minimum atomic E-state index is -0.291. The Balaban J connectivity index is 2.63. The smallest absolute Gasteiger partial charge is 0.266 e. The van der Waals surface area contributed by atoms with Gasteiger partial charge in [0.2, 0.25) is 0 Å². The summed E-state index contributed by atoms with van der Waals surface area (Å²) >= 11 is 0. The van der Waals surface area contributed by atoms with E-state index in [0.717, 1.165) is 27.9 Å². The topological polar surface area (TPSA) is 58.7 Å². The first-order chi connectivity index (χ1) is 10.9. The third-order valence-electron chi connectivity index (χ3n) is 4.29. The van der Waals surface area contributed by atoms with Crippen LogP contribution in [0.5, 0.6) is 0 Å². The van der Waals surface area contributed by atoms with Crippen molar-refractivity contribution in [1.82, 2.24) is 9.78 Å². The van der Waals surface area contributed by atoms with E-state index in [2.05, 4.69) is 30.2 Å². The van der Waals surface area contributed by atoms with Gasteiger partial charge in [-0.15, -0.1) is 0 Å². The van der Waals surface area contributed by atoms with Crippen LogP contribution < -0.4 is 5.56 Å². The number of aromatic nitrogens is 2. The number of benzene rings is 1. The van der Waals surface area contributed by atoms with Crippen LogP contribution in [0.2, 0.25) is 0 Å². The summed E-state index contributed by atoms with van der Waals surface area (Å²) in [6, 6.07) is 6.30. The van der Waals surface area contributed by atoms with Gasteiger partial charge in [-0.2, -0.15) is 10.4 Å². The summed E-state index contributed by atoms with van der Waals surface area (Å²) in [7, 11) is 0. The van der Waals surface area contributed by atoms with Crippen molar-refractivity contribution in [3.63, 3.8) is 0 Å². The molecule has 2 rings (SSSR count). The predicted molar refractivity (Wildman–Crippen MR) is 91.7 cm³/mol. The molecule has 0 saturated carbocycles. The highest BCUT2D eigenvalue weighted by Gasteiger charge is 2.16. The summed E-state index contributed by atoms with van der Waals surface area (Å²) < 4.78 is 1.45. The van der Waals surface area contributed by atoms with Crippen molar-refractivity contribution in [2.45, 2.75) is 54.0 Å². The van der Waals surface area contributed by atoms with Crippen LogP contribution >= 0.6 is 0 Å². The first-order valence-electron chi connectivity index (χ1n) is 8.02. The monoisotopic (exact) mass is 309 g/mol. The second-order valence-electron chi connectivity index (χ2n) is 5.96. The molecule has 0 bridgehead atoms. The third kappa shape index (κ3) is 3.19. The van der Waals surface area contributed by atoms with Crippen LogP contribution in [0.4, 0.5) is 0 Å². The van der Waals surface area contributed by atoms with Gasteiger partial charge in [-0.3, -0.25) is 4.79 Å². The fourth-order valence-electron chi connectivity index (χ4n) is 3.15. The molecule has 0 radical (unpaired) electrons. The van der Waals surface area contributed by atoms with Crippen molar-refractivity contribution < 1.29 is 0 Å². The zero-order valence-corrected chi connectivity index (χ0v) is 14.5. The normalized spacial score (nSPS) is 10.6. The molecule has 0 aliphatic carbocycles. The Morgan fingerprint density at radius 1 is 1.09 bits per heavy atom. The van der Waals surface area contributed by atoms with E-state index in [1.54, 1.807) is 0 Å². The molecule has 1 aromatic heterocycles. The van der Waals surface area contributed by atoms with Crippen molar-refractivity contribution in [2.75, 3.05) is 0 Å². The molecular weight excluding hydrogens is 286 g/mol. The summed E-state index contributed by atoms with van der Waals surface area (Å²) in [5, 5.41) is 13.9. The Bertz CT molecular complexity index is 818. The molecule has 120 valence electrons. The lowest BCUT2D eigenvalue weighted by Crippen LogP contribution is -2.29. The molecule has 1 aromatic carbocycles. The summed E-state index contributed by atoms with van der Waals surface area (Å²) in [5.74, 6) is 0. The van der Waals surface area contributed by atoms with E-state index in [1.165, 1.54) is 10.2 Å². The van der Waals surface area contributed by atoms with E-state index < -0.39 is 0 Å². The van der Waals surface area contributed by atoms with Gasteiger partial charge >= 0.3 is 0 Å². The molecule has 0 fully saturated rings. The molecule has 0 N–H and O–H groups in total. The van der Waals surface area contributed by atoms with E-state index in [-0.39, 0.29) is 11.1 Å². The molecule has 2 aromatic rings. The first kappa shape index (κ1) is 17.0. The van der Waals surface area contributed by atoms with Crippen molar-refractivity contribution in [3.8, 4) is 6.07 Å². The Morgan fingerprint density at radius 2 is 1.70 bits per heavy atom. The number of aryl methyl sites for hydroxylation is 4. The van der Waals surface area contributed by atoms with Gasteiger partial charge in [0.1, 0.15) is 11.6 Å². The van der Waals surface area contributed by atoms with Gasteiger partial charge in [-0.25, -0.2) is 4.68 Å². The van der Waals surface area contributed by atoms with E-state index >= 15 is 0 Å². The van der Waals surface area contributed by atoms with Crippen LogP contribution in [0, 0.1) is 32.1 Å². The fourth-order valence-corrected chi connectivity index (χ4v) is 3.15. The van der Waals surface area contributed by atoms with Crippen LogP contribution in [-0.2, 0) is 19.4 Å². The predicted octanol–water partition coefficient (Wildman–Crippen LogP) is 3.21. The van der Waals surface area contributed by atoms with Gasteiger partial charge in [-0.1, -0.05) is 31.5 Å². The van der Waals surface area contributed by atoms with Gasteiger partial charge in [0, 0.05) is 0 Å². The zero-order chi connectivity index (χ0) is 17.1. The Labute approximate surface area is 137 Å². The Hall–Kier alpha value is -2.41. The molecule has 1 heterocycles. The van der Waals surface area contributed by atoms with Crippen molar-refractivity contribution in [3.05, 3.63) is 61.6 Å². The maximum absolute atomic E-state index is 12.6. The van der Waals surface area contributed by atoms with Gasteiger partial charge < -0.3 is 0 Å². The molecule has 0 aliphatic rings. The summed E-state index contributed by atoms with van der Waals surface area (Å²) in [4.78, 5) is 12.6. The number of hydrogen-bond donors (Lipinski definition) is 0. The molecule has 0 saturated heterocycles. The number of rotatable bonds is 4. The minimum Gasteiger partial charge on any atom is -0.266 e. The van der Waals surface area contributed by atoms with Crippen molar-refractivity contribution in [2.24, 2.45) is 0 Å². The molecular formula is C19H23N3O. The highest BCUT2D eigenvalue weighted by molar-refractivity contribution is 5.40. The average Bonchev–Trinajstić information content (AvgIpc) is 2.51. The molecule has 0 aliphatic heterocycles. The molecule has 23 heavy (non-hydrogen) atoms. The second kappa shape index (κ2) is 6.78. The van der Waals surface area contributed by atoms with Crippen molar-refractivity contribution in [1.29, 1.82) is 5.26 Å². The second-order valence-corrected chi connectivity index (χ2v) is 5.96. The highest BCUT2D eigenvalue weighted by Crippen LogP contribution is 2.18. The molecule has 4 heteroatoms. The van der Waals surface area contributed by atoms with Crippen LogP contribution in [0.25, 0.3) is 0 Å². The van der Waals surface area contributed by atoms with Gasteiger partial charge in [0.15, 0.2) is 0 Å². The Kier molecular flexibility index (Phi) is 5.00. The first-order valence-corrected chi connectivity index (χ1v) is 8.02. The Morgan fingerprint density at radius 3 is 2.17 bits per heavy atom. The van der Waals surface area contributed by atoms with Crippen LogP contribution in [0.3, 0.4) is 0 Å². The summed E-state index contributed by atoms with van der Waals surface area (Å²) in [6.07, 6.45) is 1.36. The zero-order valence-electron chi connectivity index (χ0n) is 14.5. The van der Waals surface area contributed by atoms with E-state index in [9.17, 15) is 10.1 Å². The number of nitrogens with zero attached hydrogens (tertiary/aromatic N) is 3. The van der Waals surface area contributed by atoms with Gasteiger partial charge in [0.05, 0.1) is 12.2 Å². The largest absolute Gasteiger partial charge is 0.285 e. The number of nitriles is 1. The SMILES string of the molecule is CCc1nn(Cc2c(C)cc(C)cc2C)c(=O)c(C#N)c1CC. The van der Waals surface area contributed by atoms with Crippen LogP contribution in [0.1, 0.15) is 52.9 Å². The average molecular weight is 309 g/mol. The molecule has 0 unspecified atom stereocenters. The maximum atomic E-state index is 12.6. The van der Waals surface area contributed by atoms with Crippen LogP contribution in [-0.4, -0.2) is 9.78 Å². The molecule has 0 spiro atoms. The van der Waals surface area contributed by atoms with Gasteiger partial charge in [-0.05, 0) is 55.9 Å². The molecule has 4 nitrogen and oxygen atoms in total.